The third-order valence-electron chi connectivity index (χ3n) is 2.85. The van der Waals surface area contributed by atoms with E-state index in [4.69, 9.17) is 5.73 Å². The number of aromatic nitrogens is 2. The van der Waals surface area contributed by atoms with Crippen molar-refractivity contribution >= 4 is 32.3 Å². The molecule has 0 aliphatic rings. The number of hydrogen-bond donors (Lipinski definition) is 1. The zero-order valence-electron chi connectivity index (χ0n) is 9.23. The molecule has 2 N–H and O–H groups in total. The van der Waals surface area contributed by atoms with Gasteiger partial charge in [-0.1, -0.05) is 22.0 Å². The predicted octanol–water partition coefficient (Wildman–Crippen LogP) is 2.75. The maximum Gasteiger partial charge on any atom is 0.144 e. The molecule has 0 saturated carbocycles. The molecule has 0 spiro atoms. The highest BCUT2D eigenvalue weighted by atomic mass is 79.9. The molecule has 0 unspecified atom stereocenters. The Balaban J connectivity index is 2.33. The highest BCUT2D eigenvalue weighted by Crippen LogP contribution is 2.23. The number of nitrogens with zero attached hydrogens (tertiary/aromatic N) is 2. The highest BCUT2D eigenvalue weighted by Gasteiger charge is 2.05. The van der Waals surface area contributed by atoms with Crippen molar-refractivity contribution in [2.45, 2.75) is 6.42 Å². The van der Waals surface area contributed by atoms with E-state index in [1.807, 2.05) is 18.5 Å². The highest BCUT2D eigenvalue weighted by molar-refractivity contribution is 9.10. The fourth-order valence-corrected chi connectivity index (χ4v) is 2.41. The molecule has 3 nitrogen and oxygen atoms in total. The minimum atomic E-state index is 0.630. The minimum Gasteiger partial charge on any atom is -0.330 e. The number of hydrogen-bond acceptors (Lipinski definition) is 2. The Morgan fingerprint density at radius 2 is 2.18 bits per heavy atom. The van der Waals surface area contributed by atoms with E-state index in [0.717, 1.165) is 27.6 Å². The van der Waals surface area contributed by atoms with Crippen LogP contribution in [0.15, 0.2) is 41.1 Å². The molecule has 3 rings (SSSR count). The summed E-state index contributed by atoms with van der Waals surface area (Å²) in [6.45, 7) is 0.630. The molecule has 0 aliphatic carbocycles. The van der Waals surface area contributed by atoms with Gasteiger partial charge in [-0.25, -0.2) is 4.98 Å². The molecule has 0 aliphatic heterocycles. The molecule has 0 amide bonds. The van der Waals surface area contributed by atoms with E-state index in [0.29, 0.717) is 6.54 Å². The summed E-state index contributed by atoms with van der Waals surface area (Å²) < 4.78 is 3.13. The van der Waals surface area contributed by atoms with Crippen molar-refractivity contribution in [3.63, 3.8) is 0 Å². The standard InChI is InChI=1S/C13H12BrN3/c14-10-2-1-9-4-6-17-8-11(3-5-15)16-13(17)12(9)7-10/h1-2,4,6-8H,3,5,15H2. The van der Waals surface area contributed by atoms with E-state index in [2.05, 4.69) is 43.5 Å². The van der Waals surface area contributed by atoms with Crippen molar-refractivity contribution in [1.82, 2.24) is 9.38 Å². The van der Waals surface area contributed by atoms with Crippen LogP contribution in [0.5, 0.6) is 0 Å². The van der Waals surface area contributed by atoms with Gasteiger partial charge in [0.1, 0.15) is 5.65 Å². The Labute approximate surface area is 107 Å². The lowest BCUT2D eigenvalue weighted by atomic mass is 10.2. The smallest absolute Gasteiger partial charge is 0.144 e. The average Bonchev–Trinajstić information content (AvgIpc) is 2.72. The van der Waals surface area contributed by atoms with Gasteiger partial charge in [0.2, 0.25) is 0 Å². The van der Waals surface area contributed by atoms with Crippen molar-refractivity contribution in [1.29, 1.82) is 0 Å². The molecule has 1 aromatic carbocycles. The van der Waals surface area contributed by atoms with Crippen molar-refractivity contribution < 1.29 is 0 Å². The molecule has 2 heterocycles. The van der Waals surface area contributed by atoms with Gasteiger partial charge in [0.15, 0.2) is 0 Å². The van der Waals surface area contributed by atoms with Crippen LogP contribution in [-0.2, 0) is 6.42 Å². The first-order valence-corrected chi connectivity index (χ1v) is 6.33. The van der Waals surface area contributed by atoms with Crippen LogP contribution in [0, 0.1) is 0 Å². The first-order chi connectivity index (χ1) is 8.28. The zero-order chi connectivity index (χ0) is 11.8. The second kappa shape index (κ2) is 4.13. The van der Waals surface area contributed by atoms with E-state index in [1.165, 1.54) is 5.39 Å². The van der Waals surface area contributed by atoms with Gasteiger partial charge in [-0.05, 0) is 30.1 Å². The lowest BCUT2D eigenvalue weighted by Gasteiger charge is -2.00. The maximum atomic E-state index is 5.56. The van der Waals surface area contributed by atoms with Gasteiger partial charge in [-0.2, -0.15) is 0 Å². The third-order valence-corrected chi connectivity index (χ3v) is 3.35. The number of benzene rings is 1. The van der Waals surface area contributed by atoms with Crippen LogP contribution in [0.25, 0.3) is 16.4 Å². The van der Waals surface area contributed by atoms with Crippen molar-refractivity contribution in [3.05, 3.63) is 46.8 Å². The second-order valence-corrected chi connectivity index (χ2v) is 4.96. The summed E-state index contributed by atoms with van der Waals surface area (Å²) in [5, 5.41) is 2.36. The fourth-order valence-electron chi connectivity index (χ4n) is 2.05. The minimum absolute atomic E-state index is 0.630. The Kier molecular flexibility index (Phi) is 2.61. The van der Waals surface area contributed by atoms with Crippen molar-refractivity contribution in [3.8, 4) is 0 Å². The lowest BCUT2D eigenvalue weighted by molar-refractivity contribution is 0.937. The van der Waals surface area contributed by atoms with E-state index < -0.39 is 0 Å². The summed E-state index contributed by atoms with van der Waals surface area (Å²) in [4.78, 5) is 4.63. The third kappa shape index (κ3) is 1.83. The quantitative estimate of drug-likeness (QED) is 0.788. The van der Waals surface area contributed by atoms with E-state index >= 15 is 0 Å². The Bertz CT molecular complexity index is 688. The first-order valence-electron chi connectivity index (χ1n) is 5.54. The van der Waals surface area contributed by atoms with Gasteiger partial charge in [-0.15, -0.1) is 0 Å². The predicted molar refractivity (Wildman–Crippen MR) is 73.2 cm³/mol. The SMILES string of the molecule is NCCc1cn2ccc3ccc(Br)cc3c2n1. The van der Waals surface area contributed by atoms with Gasteiger partial charge < -0.3 is 10.1 Å². The summed E-state index contributed by atoms with van der Waals surface area (Å²) in [5.74, 6) is 0. The molecule has 0 saturated heterocycles. The molecule has 3 aromatic rings. The molecule has 0 atom stereocenters. The molecule has 2 aromatic heterocycles. The molecule has 86 valence electrons. The van der Waals surface area contributed by atoms with Gasteiger partial charge in [0.25, 0.3) is 0 Å². The number of fused-ring (bicyclic) bond motifs is 3. The first kappa shape index (κ1) is 10.7. The lowest BCUT2D eigenvalue weighted by Crippen LogP contribution is -2.02. The Hall–Kier alpha value is -1.39. The van der Waals surface area contributed by atoms with Crippen LogP contribution in [-0.4, -0.2) is 15.9 Å². The van der Waals surface area contributed by atoms with Gasteiger partial charge >= 0.3 is 0 Å². The Morgan fingerprint density at radius 3 is 3.00 bits per heavy atom. The average molecular weight is 290 g/mol. The summed E-state index contributed by atoms with van der Waals surface area (Å²) in [6, 6.07) is 8.34. The molecule has 0 fully saturated rings. The number of nitrogens with two attached hydrogens (primary N) is 1. The van der Waals surface area contributed by atoms with Crippen LogP contribution in [0.2, 0.25) is 0 Å². The molecule has 17 heavy (non-hydrogen) atoms. The largest absolute Gasteiger partial charge is 0.330 e. The normalized spacial score (nSPS) is 11.4. The molecule has 0 radical (unpaired) electrons. The van der Waals surface area contributed by atoms with Crippen LogP contribution in [0.4, 0.5) is 0 Å². The molecule has 0 bridgehead atoms. The second-order valence-electron chi connectivity index (χ2n) is 4.05. The number of pyridine rings is 1. The van der Waals surface area contributed by atoms with Gasteiger partial charge in [0.05, 0.1) is 5.69 Å². The van der Waals surface area contributed by atoms with E-state index in [-0.39, 0.29) is 0 Å². The molecular formula is C13H12BrN3. The van der Waals surface area contributed by atoms with Crippen LogP contribution in [0.3, 0.4) is 0 Å². The monoisotopic (exact) mass is 289 g/mol. The summed E-state index contributed by atoms with van der Waals surface area (Å²) in [7, 11) is 0. The van der Waals surface area contributed by atoms with Crippen molar-refractivity contribution in [2.75, 3.05) is 6.54 Å². The maximum absolute atomic E-state index is 5.56. The number of imidazole rings is 1. The fraction of sp³-hybridized carbons (Fsp3) is 0.154. The number of halogens is 1. The van der Waals surface area contributed by atoms with Crippen molar-refractivity contribution in [2.24, 2.45) is 5.73 Å². The summed E-state index contributed by atoms with van der Waals surface area (Å²) in [6.07, 6.45) is 4.90. The molecular weight excluding hydrogens is 278 g/mol. The van der Waals surface area contributed by atoms with Crippen LogP contribution >= 0.6 is 15.9 Å². The van der Waals surface area contributed by atoms with Crippen LogP contribution < -0.4 is 5.73 Å². The Morgan fingerprint density at radius 1 is 1.29 bits per heavy atom. The van der Waals surface area contributed by atoms with E-state index in [1.54, 1.807) is 0 Å². The van der Waals surface area contributed by atoms with Crippen LogP contribution in [0.1, 0.15) is 5.69 Å². The number of rotatable bonds is 2. The van der Waals surface area contributed by atoms with Gasteiger partial charge in [0, 0.05) is 28.7 Å². The topological polar surface area (TPSA) is 43.3 Å². The van der Waals surface area contributed by atoms with E-state index in [9.17, 15) is 0 Å². The summed E-state index contributed by atoms with van der Waals surface area (Å²) in [5.41, 5.74) is 7.60. The molecule has 4 heteroatoms. The zero-order valence-corrected chi connectivity index (χ0v) is 10.8. The summed E-state index contributed by atoms with van der Waals surface area (Å²) >= 11 is 3.50. The van der Waals surface area contributed by atoms with Gasteiger partial charge in [-0.3, -0.25) is 0 Å².